The average molecular weight is 588 g/mol. The van der Waals surface area contributed by atoms with Crippen molar-refractivity contribution in [1.29, 1.82) is 0 Å². The Bertz CT molecular complexity index is 1280. The molecule has 0 amide bonds. The molecule has 1 aromatic carbocycles. The summed E-state index contributed by atoms with van der Waals surface area (Å²) in [6.07, 6.45) is 0.0530. The van der Waals surface area contributed by atoms with Gasteiger partial charge in [0.1, 0.15) is 6.35 Å². The van der Waals surface area contributed by atoms with Gasteiger partial charge in [-0.2, -0.15) is 4.98 Å². The summed E-state index contributed by atoms with van der Waals surface area (Å²) in [4.78, 5) is 34.0. The summed E-state index contributed by atoms with van der Waals surface area (Å²) in [6, 6.07) is 7.24. The number of nitrogens with zero attached hydrogens (tertiary/aromatic N) is 3. The first kappa shape index (κ1) is 27.8. The number of fused-ring (bicyclic) bond motifs is 1. The van der Waals surface area contributed by atoms with Gasteiger partial charge in [-0.25, -0.2) is 9.78 Å². The summed E-state index contributed by atoms with van der Waals surface area (Å²) in [7, 11) is -3.85. The van der Waals surface area contributed by atoms with Crippen LogP contribution >= 0.6 is 23.5 Å². The van der Waals surface area contributed by atoms with Crippen LogP contribution in [0, 0.1) is 5.92 Å². The molecule has 15 heteroatoms. The lowest BCUT2D eigenvalue weighted by Gasteiger charge is -2.19. The van der Waals surface area contributed by atoms with Gasteiger partial charge in [-0.3, -0.25) is 18.9 Å². The maximum absolute atomic E-state index is 13.3. The van der Waals surface area contributed by atoms with Crippen LogP contribution in [0.4, 0.5) is 10.7 Å². The molecule has 2 heterocycles. The van der Waals surface area contributed by atoms with Crippen LogP contribution in [0.5, 0.6) is 0 Å². The van der Waals surface area contributed by atoms with Crippen LogP contribution in [0.15, 0.2) is 39.9 Å². The standard InChI is InChI=1S/C21H27BrN5O8P/c1-14(2)9-32-21(29)33-12-35-36(30,34-10-15-4-3-5-16(22)8-15)13-31-7-6-27-11-24-17-18(27)25-20(23)26-19(17)28/h3-5,8,11,14H,6-7,9-10,12-13H2,1-2H3,(H3,23,25,26,28). The number of H-pyrrole nitrogens is 1. The van der Waals surface area contributed by atoms with Gasteiger partial charge in [0, 0.05) is 11.0 Å². The van der Waals surface area contributed by atoms with Gasteiger partial charge in [0.15, 0.2) is 11.2 Å². The molecule has 0 fully saturated rings. The number of nitrogens with one attached hydrogen (secondary N) is 1. The number of benzene rings is 1. The number of anilines is 1. The number of aromatic nitrogens is 4. The van der Waals surface area contributed by atoms with E-state index in [0.717, 1.165) is 10.0 Å². The van der Waals surface area contributed by atoms with Crippen molar-refractivity contribution in [3.63, 3.8) is 0 Å². The number of imidazole rings is 1. The van der Waals surface area contributed by atoms with Crippen LogP contribution in [0.3, 0.4) is 0 Å². The van der Waals surface area contributed by atoms with Gasteiger partial charge in [0.2, 0.25) is 12.7 Å². The van der Waals surface area contributed by atoms with E-state index >= 15 is 0 Å². The van der Waals surface area contributed by atoms with E-state index in [-0.39, 0.29) is 43.7 Å². The van der Waals surface area contributed by atoms with Crippen LogP contribution in [-0.4, -0.2) is 52.0 Å². The number of carbonyl (C=O) groups is 1. The molecular formula is C21H27BrN5O8P. The Kier molecular flexibility index (Phi) is 10.0. The molecule has 1 atom stereocenters. The summed E-state index contributed by atoms with van der Waals surface area (Å²) in [5, 5.41) is 0. The molecule has 0 aliphatic rings. The first-order valence-electron chi connectivity index (χ1n) is 10.9. The molecule has 0 aliphatic heterocycles. The Morgan fingerprint density at radius 2 is 2.08 bits per heavy atom. The molecule has 196 valence electrons. The van der Waals surface area contributed by atoms with Gasteiger partial charge in [0.25, 0.3) is 5.56 Å². The molecule has 0 bridgehead atoms. The van der Waals surface area contributed by atoms with E-state index < -0.39 is 32.5 Å². The zero-order valence-corrected chi connectivity index (χ0v) is 22.2. The second-order valence-electron chi connectivity index (χ2n) is 7.96. The lowest BCUT2D eigenvalue weighted by atomic mass is 10.2. The number of nitrogens with two attached hydrogens (primary N) is 1. The topological polar surface area (TPSA) is 170 Å². The molecule has 0 saturated carbocycles. The predicted octanol–water partition coefficient (Wildman–Crippen LogP) is 3.63. The minimum Gasteiger partial charge on any atom is -0.434 e. The normalized spacial score (nSPS) is 13.1. The molecule has 13 nitrogen and oxygen atoms in total. The number of hydrogen-bond donors (Lipinski definition) is 2. The molecule has 0 saturated heterocycles. The number of aromatic amines is 1. The maximum Gasteiger partial charge on any atom is 0.510 e. The smallest absolute Gasteiger partial charge is 0.434 e. The second-order valence-corrected chi connectivity index (χ2v) is 10.9. The van der Waals surface area contributed by atoms with Crippen molar-refractivity contribution in [2.45, 2.75) is 27.0 Å². The first-order valence-corrected chi connectivity index (χ1v) is 13.4. The molecule has 2 aromatic heterocycles. The van der Waals surface area contributed by atoms with Crippen LogP contribution in [0.25, 0.3) is 11.2 Å². The van der Waals surface area contributed by atoms with E-state index in [2.05, 4.69) is 30.9 Å². The van der Waals surface area contributed by atoms with E-state index in [9.17, 15) is 14.2 Å². The summed E-state index contributed by atoms with van der Waals surface area (Å²) in [5.41, 5.74) is 6.31. The van der Waals surface area contributed by atoms with E-state index in [1.807, 2.05) is 19.9 Å². The Morgan fingerprint density at radius 3 is 2.83 bits per heavy atom. The highest BCUT2D eigenvalue weighted by atomic mass is 79.9. The molecule has 0 radical (unpaired) electrons. The second kappa shape index (κ2) is 13.0. The van der Waals surface area contributed by atoms with E-state index in [1.54, 1.807) is 22.8 Å². The van der Waals surface area contributed by atoms with Crippen molar-refractivity contribution in [2.75, 3.05) is 32.1 Å². The molecule has 0 aliphatic carbocycles. The number of halogens is 1. The quantitative estimate of drug-likeness (QED) is 0.129. The van der Waals surface area contributed by atoms with Crippen molar-refractivity contribution < 1.29 is 32.6 Å². The van der Waals surface area contributed by atoms with E-state index in [0.29, 0.717) is 5.65 Å². The van der Waals surface area contributed by atoms with Gasteiger partial charge >= 0.3 is 13.8 Å². The lowest BCUT2D eigenvalue weighted by molar-refractivity contribution is -0.00922. The predicted molar refractivity (Wildman–Crippen MR) is 133 cm³/mol. The maximum atomic E-state index is 13.3. The van der Waals surface area contributed by atoms with E-state index in [1.165, 1.54) is 6.33 Å². The van der Waals surface area contributed by atoms with Crippen molar-refractivity contribution in [3.05, 3.63) is 51.0 Å². The Morgan fingerprint density at radius 1 is 1.28 bits per heavy atom. The highest BCUT2D eigenvalue weighted by molar-refractivity contribution is 9.10. The zero-order chi connectivity index (χ0) is 26.1. The Hall–Kier alpha value is -2.77. The van der Waals surface area contributed by atoms with Gasteiger partial charge in [-0.05, 0) is 23.6 Å². The van der Waals surface area contributed by atoms with Crippen molar-refractivity contribution >= 4 is 46.8 Å². The SMILES string of the molecule is CC(C)COC(=O)OCOP(=O)(COCCn1cnc2c(=O)[nH]c(N)nc21)OCc1cccc(Br)c1. The molecule has 0 spiro atoms. The number of nitrogen functional groups attached to an aromatic ring is 1. The van der Waals surface area contributed by atoms with E-state index in [4.69, 9.17) is 29.0 Å². The van der Waals surface area contributed by atoms with Gasteiger partial charge in [0.05, 0.1) is 26.1 Å². The van der Waals surface area contributed by atoms with Crippen molar-refractivity contribution in [1.82, 2.24) is 19.5 Å². The third-order valence-electron chi connectivity index (χ3n) is 4.50. The fourth-order valence-corrected chi connectivity index (χ4v) is 4.40. The van der Waals surface area contributed by atoms with Crippen LogP contribution in [-0.2, 0) is 41.0 Å². The van der Waals surface area contributed by atoms with Crippen LogP contribution < -0.4 is 11.3 Å². The summed E-state index contributed by atoms with van der Waals surface area (Å²) >= 11 is 3.37. The number of carbonyl (C=O) groups excluding carboxylic acids is 1. The summed E-state index contributed by atoms with van der Waals surface area (Å²) in [6.45, 7) is 3.54. The average Bonchev–Trinajstić information content (AvgIpc) is 3.22. The lowest BCUT2D eigenvalue weighted by Crippen LogP contribution is -2.15. The third-order valence-corrected chi connectivity index (χ3v) is 6.51. The van der Waals surface area contributed by atoms with Gasteiger partial charge in [-0.15, -0.1) is 0 Å². The number of rotatable bonds is 13. The van der Waals surface area contributed by atoms with Gasteiger partial charge in [-0.1, -0.05) is 41.9 Å². The minimum atomic E-state index is -3.85. The Balaban J connectivity index is 1.57. The molecule has 1 unspecified atom stereocenters. The minimum absolute atomic E-state index is 0.0317. The number of ether oxygens (including phenoxy) is 3. The first-order chi connectivity index (χ1) is 17.1. The Labute approximate surface area is 214 Å². The summed E-state index contributed by atoms with van der Waals surface area (Å²) < 4.78 is 41.8. The largest absolute Gasteiger partial charge is 0.510 e. The summed E-state index contributed by atoms with van der Waals surface area (Å²) in [5.74, 6) is 0.0880. The van der Waals surface area contributed by atoms with Crippen LogP contribution in [0.2, 0.25) is 0 Å². The fraction of sp³-hybridized carbons (Fsp3) is 0.429. The molecule has 3 N–H and O–H groups in total. The number of hydrogen-bond acceptors (Lipinski definition) is 11. The van der Waals surface area contributed by atoms with Crippen molar-refractivity contribution in [2.24, 2.45) is 5.92 Å². The molecular weight excluding hydrogens is 561 g/mol. The monoisotopic (exact) mass is 587 g/mol. The highest BCUT2D eigenvalue weighted by Gasteiger charge is 2.27. The molecule has 3 rings (SSSR count). The highest BCUT2D eigenvalue weighted by Crippen LogP contribution is 2.49. The van der Waals surface area contributed by atoms with Crippen molar-refractivity contribution in [3.8, 4) is 0 Å². The molecule has 3 aromatic rings. The fourth-order valence-electron chi connectivity index (χ4n) is 2.82. The third kappa shape index (κ3) is 8.42. The van der Waals surface area contributed by atoms with Crippen LogP contribution in [0.1, 0.15) is 19.4 Å². The molecule has 36 heavy (non-hydrogen) atoms. The zero-order valence-electron chi connectivity index (χ0n) is 19.7. The van der Waals surface area contributed by atoms with Gasteiger partial charge < -0.3 is 29.0 Å².